The number of amides is 2. The first-order valence-electron chi connectivity index (χ1n) is 13.5. The normalized spacial score (nSPS) is 23.3. The number of benzene rings is 2. The summed E-state index contributed by atoms with van der Waals surface area (Å²) in [5, 5.41) is 3.07. The molecule has 7 heteroatoms. The van der Waals surface area contributed by atoms with Crippen LogP contribution in [0.1, 0.15) is 80.5 Å². The van der Waals surface area contributed by atoms with Gasteiger partial charge < -0.3 is 15.1 Å². The summed E-state index contributed by atoms with van der Waals surface area (Å²) >= 11 is 0. The second kappa shape index (κ2) is 11.7. The summed E-state index contributed by atoms with van der Waals surface area (Å²) in [6.07, 6.45) is 3.85. The SMILES string of the molecule is CC[C@H](NC(C)=O)c1ccccc1C1CCN(C(=O)[C@@H]2CC(N(C)C)CC2c2ccc(F)cc2F)CC1. The van der Waals surface area contributed by atoms with Gasteiger partial charge in [-0.1, -0.05) is 37.3 Å². The Morgan fingerprint density at radius 1 is 1.05 bits per heavy atom. The number of nitrogens with zero attached hydrogens (tertiary/aromatic N) is 2. The molecule has 1 saturated heterocycles. The zero-order valence-electron chi connectivity index (χ0n) is 22.3. The van der Waals surface area contributed by atoms with Crippen molar-refractivity contribution in [3.05, 3.63) is 70.8 Å². The maximum atomic E-state index is 14.8. The lowest BCUT2D eigenvalue weighted by Gasteiger charge is -2.36. The van der Waals surface area contributed by atoms with E-state index in [4.69, 9.17) is 0 Å². The molecule has 4 rings (SSSR count). The largest absolute Gasteiger partial charge is 0.350 e. The number of hydrogen-bond acceptors (Lipinski definition) is 3. The highest BCUT2D eigenvalue weighted by Crippen LogP contribution is 2.44. The number of halogens is 2. The molecular formula is C30H39F2N3O2. The Bertz CT molecular complexity index is 1110. The van der Waals surface area contributed by atoms with Crippen molar-refractivity contribution in [2.75, 3.05) is 27.2 Å². The molecule has 200 valence electrons. The second-order valence-corrected chi connectivity index (χ2v) is 10.9. The molecule has 1 saturated carbocycles. The molecule has 1 heterocycles. The average molecular weight is 512 g/mol. The first-order valence-corrected chi connectivity index (χ1v) is 13.5. The molecule has 2 fully saturated rings. The minimum absolute atomic E-state index is 0.0267. The first kappa shape index (κ1) is 27.2. The average Bonchev–Trinajstić information content (AvgIpc) is 3.32. The van der Waals surface area contributed by atoms with Crippen LogP contribution < -0.4 is 5.32 Å². The van der Waals surface area contributed by atoms with Gasteiger partial charge in [0, 0.05) is 38.0 Å². The van der Waals surface area contributed by atoms with Gasteiger partial charge in [-0.25, -0.2) is 8.78 Å². The molecule has 0 bridgehead atoms. The third-order valence-electron chi connectivity index (χ3n) is 8.35. The van der Waals surface area contributed by atoms with Gasteiger partial charge in [0.15, 0.2) is 0 Å². The highest BCUT2D eigenvalue weighted by molar-refractivity contribution is 5.80. The van der Waals surface area contributed by atoms with E-state index in [9.17, 15) is 18.4 Å². The summed E-state index contributed by atoms with van der Waals surface area (Å²) in [5.74, 6) is -1.40. The van der Waals surface area contributed by atoms with E-state index in [1.807, 2.05) is 31.1 Å². The van der Waals surface area contributed by atoms with E-state index in [1.54, 1.807) is 6.92 Å². The molecule has 2 amide bonds. The summed E-state index contributed by atoms with van der Waals surface area (Å²) in [5.41, 5.74) is 2.84. The Kier molecular flexibility index (Phi) is 8.63. The van der Waals surface area contributed by atoms with Gasteiger partial charge in [0.2, 0.25) is 11.8 Å². The van der Waals surface area contributed by atoms with Crippen LogP contribution in [0.15, 0.2) is 42.5 Å². The van der Waals surface area contributed by atoms with E-state index >= 15 is 0 Å². The van der Waals surface area contributed by atoms with Crippen LogP contribution in [0.2, 0.25) is 0 Å². The third-order valence-corrected chi connectivity index (χ3v) is 8.35. The van der Waals surface area contributed by atoms with Gasteiger partial charge in [-0.2, -0.15) is 0 Å². The van der Waals surface area contributed by atoms with Gasteiger partial charge in [-0.05, 0) is 80.8 Å². The zero-order valence-corrected chi connectivity index (χ0v) is 22.3. The fraction of sp³-hybridized carbons (Fsp3) is 0.533. The monoisotopic (exact) mass is 511 g/mol. The summed E-state index contributed by atoms with van der Waals surface area (Å²) in [6.45, 7) is 4.92. The lowest BCUT2D eigenvalue weighted by atomic mass is 9.83. The Morgan fingerprint density at radius 2 is 1.76 bits per heavy atom. The van der Waals surface area contributed by atoms with Crippen LogP contribution in [-0.4, -0.2) is 54.8 Å². The number of hydrogen-bond donors (Lipinski definition) is 1. The van der Waals surface area contributed by atoms with Gasteiger partial charge in [0.25, 0.3) is 0 Å². The molecule has 0 aromatic heterocycles. The Morgan fingerprint density at radius 3 is 2.38 bits per heavy atom. The number of piperidine rings is 1. The van der Waals surface area contributed by atoms with Crippen LogP contribution in [0, 0.1) is 17.6 Å². The van der Waals surface area contributed by atoms with Crippen molar-refractivity contribution in [1.82, 2.24) is 15.1 Å². The summed E-state index contributed by atoms with van der Waals surface area (Å²) in [6, 6.07) is 12.2. The smallest absolute Gasteiger partial charge is 0.226 e. The molecular weight excluding hydrogens is 472 g/mol. The van der Waals surface area contributed by atoms with Crippen molar-refractivity contribution in [2.24, 2.45) is 5.92 Å². The summed E-state index contributed by atoms with van der Waals surface area (Å²) in [7, 11) is 3.98. The third kappa shape index (κ3) is 6.03. The molecule has 1 aliphatic heterocycles. The molecule has 0 radical (unpaired) electrons. The number of rotatable bonds is 7. The molecule has 1 aliphatic carbocycles. The van der Waals surface area contributed by atoms with E-state index in [2.05, 4.69) is 29.3 Å². The predicted molar refractivity (Wildman–Crippen MR) is 141 cm³/mol. The predicted octanol–water partition coefficient (Wildman–Crippen LogP) is 5.38. The molecule has 5 nitrogen and oxygen atoms in total. The number of carbonyl (C=O) groups is 2. The van der Waals surface area contributed by atoms with Gasteiger partial charge in [-0.15, -0.1) is 0 Å². The van der Waals surface area contributed by atoms with E-state index in [1.165, 1.54) is 17.7 Å². The van der Waals surface area contributed by atoms with Crippen molar-refractivity contribution >= 4 is 11.8 Å². The van der Waals surface area contributed by atoms with Gasteiger partial charge in [0.05, 0.1) is 6.04 Å². The Labute approximate surface area is 219 Å². The molecule has 37 heavy (non-hydrogen) atoms. The minimum atomic E-state index is -0.600. The number of likely N-dealkylation sites (tertiary alicyclic amines) is 1. The standard InChI is InChI=1S/C30H39F2N3O2/c1-5-29(33-19(2)36)25-9-7-6-8-23(25)20-12-14-35(15-13-20)30(37)27-18-22(34(3)4)17-26(27)24-11-10-21(31)16-28(24)32/h6-11,16,20,22,26-27,29H,5,12-15,17-18H2,1-4H3,(H,33,36)/t22?,26?,27-,29+/m1/s1. The quantitative estimate of drug-likeness (QED) is 0.543. The fourth-order valence-corrected chi connectivity index (χ4v) is 6.34. The first-order chi connectivity index (χ1) is 17.7. The highest BCUT2D eigenvalue weighted by Gasteiger charge is 2.43. The Balaban J connectivity index is 1.49. The molecule has 4 atom stereocenters. The minimum Gasteiger partial charge on any atom is -0.350 e. The van der Waals surface area contributed by atoms with Gasteiger partial charge in [-0.3, -0.25) is 9.59 Å². The molecule has 0 spiro atoms. The van der Waals surface area contributed by atoms with Gasteiger partial charge in [0.1, 0.15) is 11.6 Å². The van der Waals surface area contributed by atoms with Crippen molar-refractivity contribution in [1.29, 1.82) is 0 Å². The van der Waals surface area contributed by atoms with Crippen LogP contribution >= 0.6 is 0 Å². The van der Waals surface area contributed by atoms with E-state index in [0.29, 0.717) is 37.4 Å². The molecule has 1 N–H and O–H groups in total. The topological polar surface area (TPSA) is 52.7 Å². The summed E-state index contributed by atoms with van der Waals surface area (Å²) in [4.78, 5) is 29.6. The van der Waals surface area contributed by atoms with Crippen molar-refractivity contribution < 1.29 is 18.4 Å². The van der Waals surface area contributed by atoms with Crippen LogP contribution in [0.5, 0.6) is 0 Å². The zero-order chi connectivity index (χ0) is 26.7. The second-order valence-electron chi connectivity index (χ2n) is 10.9. The van der Waals surface area contributed by atoms with Crippen molar-refractivity contribution in [2.45, 2.75) is 69.9 Å². The maximum absolute atomic E-state index is 14.8. The number of carbonyl (C=O) groups excluding carboxylic acids is 2. The van der Waals surface area contributed by atoms with E-state index in [0.717, 1.165) is 30.9 Å². The molecule has 2 aromatic carbocycles. The van der Waals surface area contributed by atoms with Crippen LogP contribution in [-0.2, 0) is 9.59 Å². The fourth-order valence-electron chi connectivity index (χ4n) is 6.34. The highest BCUT2D eigenvalue weighted by atomic mass is 19.1. The van der Waals surface area contributed by atoms with Crippen LogP contribution in [0.25, 0.3) is 0 Å². The molecule has 2 aliphatic rings. The molecule has 2 aromatic rings. The summed E-state index contributed by atoms with van der Waals surface area (Å²) < 4.78 is 28.3. The lowest BCUT2D eigenvalue weighted by molar-refractivity contribution is -0.137. The Hall–Kier alpha value is -2.80. The lowest BCUT2D eigenvalue weighted by Crippen LogP contribution is -2.42. The van der Waals surface area contributed by atoms with Crippen LogP contribution in [0.4, 0.5) is 8.78 Å². The van der Waals surface area contributed by atoms with Gasteiger partial charge >= 0.3 is 0 Å². The van der Waals surface area contributed by atoms with E-state index < -0.39 is 11.6 Å². The van der Waals surface area contributed by atoms with Crippen molar-refractivity contribution in [3.63, 3.8) is 0 Å². The van der Waals surface area contributed by atoms with Crippen molar-refractivity contribution in [3.8, 4) is 0 Å². The van der Waals surface area contributed by atoms with Crippen LogP contribution in [0.3, 0.4) is 0 Å². The maximum Gasteiger partial charge on any atom is 0.226 e. The molecule has 2 unspecified atom stereocenters. The van der Waals surface area contributed by atoms with E-state index in [-0.39, 0.29) is 35.7 Å². The number of nitrogens with one attached hydrogen (secondary N) is 1.